The number of phenols is 1. The van der Waals surface area contributed by atoms with Crippen molar-refractivity contribution in [2.75, 3.05) is 6.61 Å². The second-order valence-electron chi connectivity index (χ2n) is 5.20. The maximum Gasteiger partial charge on any atom is 0.284 e. The third-order valence-corrected chi connectivity index (χ3v) is 3.48. The SMILES string of the molecule is C/C(=N\NC(=O)[C@@H]1COc2ccccc2O1)c1cc(F)ccc1O. The summed E-state index contributed by atoms with van der Waals surface area (Å²) in [5, 5.41) is 13.6. The molecule has 0 saturated carbocycles. The molecule has 0 fully saturated rings. The first-order valence-electron chi connectivity index (χ1n) is 7.26. The maximum absolute atomic E-state index is 13.2. The number of nitrogens with one attached hydrogen (secondary N) is 1. The molecule has 0 saturated heterocycles. The van der Waals surface area contributed by atoms with Crippen LogP contribution in [0.1, 0.15) is 12.5 Å². The van der Waals surface area contributed by atoms with Gasteiger partial charge in [0.15, 0.2) is 11.5 Å². The van der Waals surface area contributed by atoms with Gasteiger partial charge < -0.3 is 14.6 Å². The highest BCUT2D eigenvalue weighted by Crippen LogP contribution is 2.30. The van der Waals surface area contributed by atoms with Gasteiger partial charge in [0.25, 0.3) is 5.91 Å². The first-order chi connectivity index (χ1) is 11.5. The van der Waals surface area contributed by atoms with Crippen molar-refractivity contribution in [3.05, 3.63) is 53.8 Å². The zero-order valence-electron chi connectivity index (χ0n) is 12.8. The van der Waals surface area contributed by atoms with E-state index in [1.54, 1.807) is 25.1 Å². The average molecular weight is 330 g/mol. The van der Waals surface area contributed by atoms with Gasteiger partial charge >= 0.3 is 0 Å². The quantitative estimate of drug-likeness (QED) is 0.668. The topological polar surface area (TPSA) is 80.2 Å². The fourth-order valence-corrected chi connectivity index (χ4v) is 2.22. The van der Waals surface area contributed by atoms with Crippen LogP contribution in [0.3, 0.4) is 0 Å². The van der Waals surface area contributed by atoms with Crippen molar-refractivity contribution in [1.29, 1.82) is 0 Å². The van der Waals surface area contributed by atoms with Gasteiger partial charge in [-0.15, -0.1) is 0 Å². The number of rotatable bonds is 3. The van der Waals surface area contributed by atoms with Gasteiger partial charge in [0, 0.05) is 5.56 Å². The minimum Gasteiger partial charge on any atom is -0.507 e. The van der Waals surface area contributed by atoms with E-state index in [-0.39, 0.29) is 23.6 Å². The molecule has 0 bridgehead atoms. The Kier molecular flexibility index (Phi) is 4.33. The normalized spacial score (nSPS) is 16.6. The fourth-order valence-electron chi connectivity index (χ4n) is 2.22. The van der Waals surface area contributed by atoms with Gasteiger partial charge in [0.1, 0.15) is 18.2 Å². The predicted octanol–water partition coefficient (Wildman–Crippen LogP) is 2.21. The molecule has 0 unspecified atom stereocenters. The number of amides is 1. The number of benzene rings is 2. The van der Waals surface area contributed by atoms with Crippen LogP contribution in [0, 0.1) is 5.82 Å². The summed E-state index contributed by atoms with van der Waals surface area (Å²) >= 11 is 0. The minimum atomic E-state index is -0.849. The molecule has 0 radical (unpaired) electrons. The van der Waals surface area contributed by atoms with Crippen LogP contribution in [-0.4, -0.2) is 29.4 Å². The summed E-state index contributed by atoms with van der Waals surface area (Å²) in [6.07, 6.45) is -0.849. The van der Waals surface area contributed by atoms with E-state index in [0.717, 1.165) is 12.1 Å². The number of hydrogen-bond acceptors (Lipinski definition) is 5. The van der Waals surface area contributed by atoms with E-state index in [9.17, 15) is 14.3 Å². The van der Waals surface area contributed by atoms with Crippen LogP contribution in [0.25, 0.3) is 0 Å². The van der Waals surface area contributed by atoms with Crippen molar-refractivity contribution in [2.45, 2.75) is 13.0 Å². The number of halogens is 1. The summed E-state index contributed by atoms with van der Waals surface area (Å²) in [5.74, 6) is -0.0830. The highest BCUT2D eigenvalue weighted by molar-refractivity contribution is 6.01. The molecule has 2 aromatic carbocycles. The Bertz CT molecular complexity index is 807. The summed E-state index contributed by atoms with van der Waals surface area (Å²) in [7, 11) is 0. The minimum absolute atomic E-state index is 0.0582. The van der Waals surface area contributed by atoms with E-state index in [0.29, 0.717) is 11.5 Å². The van der Waals surface area contributed by atoms with Crippen molar-refractivity contribution in [3.63, 3.8) is 0 Å². The summed E-state index contributed by atoms with van der Waals surface area (Å²) in [4.78, 5) is 12.1. The standard InChI is InChI=1S/C17H15FN2O4/c1-10(12-8-11(18)6-7-13(12)21)19-20-17(22)16-9-23-14-4-2-3-5-15(14)24-16/h2-8,16,21H,9H2,1H3,(H,20,22)/b19-10+/t16-/m0/s1. The zero-order chi connectivity index (χ0) is 17.1. The lowest BCUT2D eigenvalue weighted by Gasteiger charge is -2.24. The van der Waals surface area contributed by atoms with Crippen LogP contribution in [0.4, 0.5) is 4.39 Å². The number of aromatic hydroxyl groups is 1. The largest absolute Gasteiger partial charge is 0.507 e. The Balaban J connectivity index is 1.68. The van der Waals surface area contributed by atoms with Gasteiger partial charge in [0.2, 0.25) is 6.10 Å². The molecule has 0 aromatic heterocycles. The lowest BCUT2D eigenvalue weighted by molar-refractivity contribution is -0.130. The number of phenolic OH excluding ortho intramolecular Hbond substituents is 1. The molecule has 6 nitrogen and oxygen atoms in total. The first-order valence-corrected chi connectivity index (χ1v) is 7.26. The highest BCUT2D eigenvalue weighted by Gasteiger charge is 2.27. The van der Waals surface area contributed by atoms with E-state index < -0.39 is 17.8 Å². The van der Waals surface area contributed by atoms with Crippen molar-refractivity contribution >= 4 is 11.6 Å². The van der Waals surface area contributed by atoms with Crippen LogP contribution < -0.4 is 14.9 Å². The Morgan fingerprint density at radius 1 is 1.29 bits per heavy atom. The summed E-state index contributed by atoms with van der Waals surface area (Å²) in [6, 6.07) is 10.5. The van der Waals surface area contributed by atoms with E-state index in [1.165, 1.54) is 6.07 Å². The molecular weight excluding hydrogens is 315 g/mol. The highest BCUT2D eigenvalue weighted by atomic mass is 19.1. The number of ether oxygens (including phenoxy) is 2. The van der Waals surface area contributed by atoms with E-state index in [1.807, 2.05) is 6.07 Å². The third-order valence-electron chi connectivity index (χ3n) is 3.48. The number of carbonyl (C=O) groups excluding carboxylic acids is 1. The molecule has 1 aliphatic heterocycles. The fraction of sp³-hybridized carbons (Fsp3) is 0.176. The van der Waals surface area contributed by atoms with E-state index in [2.05, 4.69) is 10.5 Å². The van der Waals surface area contributed by atoms with E-state index in [4.69, 9.17) is 9.47 Å². The molecule has 7 heteroatoms. The van der Waals surface area contributed by atoms with Crippen molar-refractivity contribution in [3.8, 4) is 17.2 Å². The van der Waals surface area contributed by atoms with Crippen LogP contribution >= 0.6 is 0 Å². The van der Waals surface area contributed by atoms with Crippen LogP contribution in [0.2, 0.25) is 0 Å². The first kappa shape index (κ1) is 15.8. The van der Waals surface area contributed by atoms with E-state index >= 15 is 0 Å². The molecule has 124 valence electrons. The van der Waals surface area contributed by atoms with Gasteiger partial charge in [-0.2, -0.15) is 5.10 Å². The Labute approximate surface area is 137 Å². The number of hydrazone groups is 1. The molecule has 2 aromatic rings. The van der Waals surface area contributed by atoms with Crippen molar-refractivity contribution in [2.24, 2.45) is 5.10 Å². The number of hydrogen-bond donors (Lipinski definition) is 2. The Hall–Kier alpha value is -3.09. The smallest absolute Gasteiger partial charge is 0.284 e. The number of para-hydroxylation sites is 2. The molecule has 24 heavy (non-hydrogen) atoms. The predicted molar refractivity (Wildman–Crippen MR) is 84.8 cm³/mol. The second-order valence-corrected chi connectivity index (χ2v) is 5.20. The van der Waals surface area contributed by atoms with Gasteiger partial charge in [0.05, 0.1) is 5.71 Å². The Morgan fingerprint density at radius 2 is 2.04 bits per heavy atom. The Morgan fingerprint density at radius 3 is 2.83 bits per heavy atom. The monoisotopic (exact) mass is 330 g/mol. The number of nitrogens with zero attached hydrogens (tertiary/aromatic N) is 1. The molecule has 0 aliphatic carbocycles. The molecule has 3 rings (SSSR count). The number of fused-ring (bicyclic) bond motifs is 1. The van der Waals surface area contributed by atoms with Gasteiger partial charge in [-0.1, -0.05) is 12.1 Å². The van der Waals surface area contributed by atoms with Crippen LogP contribution in [0.5, 0.6) is 17.2 Å². The summed E-state index contributed by atoms with van der Waals surface area (Å²) < 4.78 is 24.3. The number of carbonyl (C=O) groups is 1. The van der Waals surface area contributed by atoms with Crippen LogP contribution in [-0.2, 0) is 4.79 Å². The van der Waals surface area contributed by atoms with Crippen molar-refractivity contribution in [1.82, 2.24) is 5.43 Å². The molecule has 1 heterocycles. The second kappa shape index (κ2) is 6.57. The lowest BCUT2D eigenvalue weighted by Crippen LogP contribution is -2.42. The molecule has 1 aliphatic rings. The molecule has 2 N–H and O–H groups in total. The molecular formula is C17H15FN2O4. The average Bonchev–Trinajstić information content (AvgIpc) is 2.61. The third kappa shape index (κ3) is 3.29. The van der Waals surface area contributed by atoms with Gasteiger partial charge in [-0.05, 0) is 37.3 Å². The van der Waals surface area contributed by atoms with Gasteiger partial charge in [-0.3, -0.25) is 4.79 Å². The maximum atomic E-state index is 13.2. The zero-order valence-corrected chi connectivity index (χ0v) is 12.8. The lowest BCUT2D eigenvalue weighted by atomic mass is 10.1. The molecule has 1 amide bonds. The molecule has 1 atom stereocenters. The molecule has 0 spiro atoms. The van der Waals surface area contributed by atoms with Gasteiger partial charge in [-0.25, -0.2) is 9.82 Å². The summed E-state index contributed by atoms with van der Waals surface area (Å²) in [6.45, 7) is 1.60. The summed E-state index contributed by atoms with van der Waals surface area (Å²) in [5.41, 5.74) is 2.80. The van der Waals surface area contributed by atoms with Crippen molar-refractivity contribution < 1.29 is 23.8 Å². The van der Waals surface area contributed by atoms with Crippen LogP contribution in [0.15, 0.2) is 47.6 Å².